The van der Waals surface area contributed by atoms with Gasteiger partial charge in [-0.15, -0.1) is 0 Å². The first kappa shape index (κ1) is 35.3. The standard InChI is InChI=1S/C34H30N4O10S2/c1-45-27-13-15-29(47-3)31(19-27)49(41,42)37(33(39)23-7-5-17-35-21-23)25-9-11-26(12-10-25)38(34(40)24-8-6-18-36-22-24)50(43,44)32-20-28(46-2)14-16-30(32)48-4/h5-22H,1-4H3. The highest BCUT2D eigenvalue weighted by Gasteiger charge is 2.37. The number of hydrogen-bond acceptors (Lipinski definition) is 12. The molecule has 0 bridgehead atoms. The molecule has 0 unspecified atom stereocenters. The molecule has 0 N–H and O–H groups in total. The lowest BCUT2D eigenvalue weighted by Crippen LogP contribution is -2.38. The van der Waals surface area contributed by atoms with Crippen LogP contribution in [0.15, 0.2) is 120 Å². The Morgan fingerprint density at radius 2 is 0.920 bits per heavy atom. The monoisotopic (exact) mass is 718 g/mol. The number of anilines is 2. The van der Waals surface area contributed by atoms with Gasteiger partial charge in [-0.2, -0.15) is 8.61 Å². The lowest BCUT2D eigenvalue weighted by Gasteiger charge is -2.26. The molecule has 0 fully saturated rings. The van der Waals surface area contributed by atoms with E-state index in [9.17, 15) is 26.4 Å². The Morgan fingerprint density at radius 1 is 0.540 bits per heavy atom. The minimum atomic E-state index is -4.74. The van der Waals surface area contributed by atoms with Gasteiger partial charge in [0.2, 0.25) is 0 Å². The summed E-state index contributed by atoms with van der Waals surface area (Å²) in [4.78, 5) is 35.0. The Bertz CT molecular complexity index is 2080. The van der Waals surface area contributed by atoms with E-state index in [4.69, 9.17) is 18.9 Å². The summed E-state index contributed by atoms with van der Waals surface area (Å²) in [5.41, 5.74) is -0.526. The van der Waals surface area contributed by atoms with Gasteiger partial charge in [0, 0.05) is 36.9 Å². The van der Waals surface area contributed by atoms with Crippen molar-refractivity contribution < 1.29 is 45.4 Å². The quantitative estimate of drug-likeness (QED) is 0.176. The molecule has 0 aliphatic carbocycles. The Labute approximate surface area is 288 Å². The number of nitrogens with zero attached hydrogens (tertiary/aromatic N) is 4. The molecule has 2 aromatic heterocycles. The highest BCUT2D eigenvalue weighted by molar-refractivity contribution is 7.94. The highest BCUT2D eigenvalue weighted by atomic mass is 32.2. The topological polar surface area (TPSA) is 172 Å². The Hall–Kier alpha value is -6.00. The molecule has 2 heterocycles. The number of aromatic nitrogens is 2. The molecule has 0 saturated heterocycles. The Morgan fingerprint density at radius 3 is 1.22 bits per heavy atom. The number of hydrogen-bond donors (Lipinski definition) is 0. The van der Waals surface area contributed by atoms with Gasteiger partial charge < -0.3 is 18.9 Å². The molecule has 3 aromatic carbocycles. The van der Waals surface area contributed by atoms with Crippen LogP contribution in [0.25, 0.3) is 0 Å². The summed E-state index contributed by atoms with van der Waals surface area (Å²) in [5, 5.41) is 0. The average Bonchev–Trinajstić information content (AvgIpc) is 3.15. The van der Waals surface area contributed by atoms with E-state index in [0.29, 0.717) is 8.61 Å². The van der Waals surface area contributed by atoms with Crippen LogP contribution in [0.5, 0.6) is 23.0 Å². The summed E-state index contributed by atoms with van der Waals surface area (Å²) in [6.07, 6.45) is 5.23. The summed E-state index contributed by atoms with van der Waals surface area (Å²) in [7, 11) is -4.24. The number of pyridine rings is 2. The maximum absolute atomic E-state index is 14.3. The third-order valence-corrected chi connectivity index (χ3v) is 10.7. The average molecular weight is 719 g/mol. The lowest BCUT2D eigenvalue weighted by molar-refractivity contribution is 0.0996. The Kier molecular flexibility index (Phi) is 10.3. The van der Waals surface area contributed by atoms with E-state index in [0.717, 1.165) is 0 Å². The van der Waals surface area contributed by atoms with E-state index < -0.39 is 31.9 Å². The summed E-state index contributed by atoms with van der Waals surface area (Å²) in [6, 6.07) is 18.6. The van der Waals surface area contributed by atoms with Gasteiger partial charge >= 0.3 is 0 Å². The number of carbonyl (C=O) groups excluding carboxylic acids is 2. The molecule has 0 radical (unpaired) electrons. The van der Waals surface area contributed by atoms with Gasteiger partial charge in [0.15, 0.2) is 0 Å². The second kappa shape index (κ2) is 14.6. The van der Waals surface area contributed by atoms with Crippen molar-refractivity contribution >= 4 is 43.2 Å². The van der Waals surface area contributed by atoms with Crippen LogP contribution in [-0.2, 0) is 20.0 Å². The van der Waals surface area contributed by atoms with E-state index in [1.54, 1.807) is 0 Å². The number of benzene rings is 3. The van der Waals surface area contributed by atoms with Crippen molar-refractivity contribution in [2.24, 2.45) is 0 Å². The van der Waals surface area contributed by atoms with Crippen LogP contribution in [0.1, 0.15) is 20.7 Å². The Balaban J connectivity index is 1.70. The third kappa shape index (κ3) is 6.79. The molecule has 0 spiro atoms. The van der Waals surface area contributed by atoms with Gasteiger partial charge in [-0.05, 0) is 72.8 Å². The summed E-state index contributed by atoms with van der Waals surface area (Å²) in [6.45, 7) is 0. The van der Waals surface area contributed by atoms with E-state index in [1.165, 1.54) is 138 Å². The minimum Gasteiger partial charge on any atom is -0.497 e. The van der Waals surface area contributed by atoms with Crippen LogP contribution in [0.3, 0.4) is 0 Å². The number of rotatable bonds is 12. The molecule has 14 nitrogen and oxygen atoms in total. The first-order valence-electron chi connectivity index (χ1n) is 14.5. The predicted molar refractivity (Wildman–Crippen MR) is 182 cm³/mol. The van der Waals surface area contributed by atoms with E-state index in [2.05, 4.69) is 9.97 Å². The molecule has 16 heteroatoms. The van der Waals surface area contributed by atoms with E-state index >= 15 is 0 Å². The van der Waals surface area contributed by atoms with Gasteiger partial charge in [0.05, 0.1) is 50.9 Å². The lowest BCUT2D eigenvalue weighted by atomic mass is 10.2. The number of carbonyl (C=O) groups is 2. The van der Waals surface area contributed by atoms with Crippen molar-refractivity contribution in [3.63, 3.8) is 0 Å². The van der Waals surface area contributed by atoms with Crippen LogP contribution in [0.4, 0.5) is 11.4 Å². The van der Waals surface area contributed by atoms with Gasteiger partial charge in [-0.3, -0.25) is 19.6 Å². The molecule has 0 aliphatic heterocycles. The minimum absolute atomic E-state index is 0.0666. The van der Waals surface area contributed by atoms with E-state index in [-0.39, 0.29) is 55.3 Å². The summed E-state index contributed by atoms with van der Waals surface area (Å²) < 4.78 is 79.5. The zero-order chi connectivity index (χ0) is 36.1. The molecule has 50 heavy (non-hydrogen) atoms. The zero-order valence-corrected chi connectivity index (χ0v) is 28.7. The predicted octanol–water partition coefficient (Wildman–Crippen LogP) is 4.58. The SMILES string of the molecule is COc1ccc(OC)c(S(=O)(=O)N(C(=O)c2cccnc2)c2ccc(N(C(=O)c3cccnc3)S(=O)(=O)c3cc(OC)ccc3OC)cc2)c1. The molecule has 0 aliphatic rings. The van der Waals surface area contributed by atoms with Crippen molar-refractivity contribution in [3.8, 4) is 23.0 Å². The normalized spacial score (nSPS) is 11.3. The molecule has 258 valence electrons. The van der Waals surface area contributed by atoms with Crippen LogP contribution in [0, 0.1) is 0 Å². The zero-order valence-electron chi connectivity index (χ0n) is 27.1. The van der Waals surface area contributed by atoms with E-state index in [1.807, 2.05) is 0 Å². The van der Waals surface area contributed by atoms with Gasteiger partial charge in [-0.25, -0.2) is 16.8 Å². The van der Waals surface area contributed by atoms with Crippen LogP contribution >= 0.6 is 0 Å². The van der Waals surface area contributed by atoms with Gasteiger partial charge in [0.1, 0.15) is 32.8 Å². The fraction of sp³-hybridized carbons (Fsp3) is 0.118. The van der Waals surface area contributed by atoms with Crippen molar-refractivity contribution in [1.82, 2.24) is 9.97 Å². The van der Waals surface area contributed by atoms with Crippen LogP contribution < -0.4 is 27.6 Å². The van der Waals surface area contributed by atoms with Crippen molar-refractivity contribution in [2.75, 3.05) is 37.0 Å². The largest absolute Gasteiger partial charge is 0.497 e. The maximum atomic E-state index is 14.3. The summed E-state index contributed by atoms with van der Waals surface area (Å²) in [5.74, 6) is -1.75. The maximum Gasteiger partial charge on any atom is 0.275 e. The molecular formula is C34H30N4O10S2. The van der Waals surface area contributed by atoms with Crippen LogP contribution in [-0.4, -0.2) is 67.1 Å². The highest BCUT2D eigenvalue weighted by Crippen LogP contribution is 2.37. The molecule has 5 rings (SSSR count). The first-order chi connectivity index (χ1) is 24.0. The van der Waals surface area contributed by atoms with Crippen molar-refractivity contribution in [2.45, 2.75) is 9.79 Å². The third-order valence-electron chi connectivity index (χ3n) is 7.28. The first-order valence-corrected chi connectivity index (χ1v) is 17.4. The smallest absolute Gasteiger partial charge is 0.275 e. The number of sulfonamides is 2. The molecule has 5 aromatic rings. The van der Waals surface area contributed by atoms with Gasteiger partial charge in [0.25, 0.3) is 31.9 Å². The van der Waals surface area contributed by atoms with Crippen molar-refractivity contribution in [3.05, 3.63) is 121 Å². The number of amides is 2. The molecular weight excluding hydrogens is 689 g/mol. The van der Waals surface area contributed by atoms with Crippen LogP contribution in [0.2, 0.25) is 0 Å². The molecule has 2 amide bonds. The number of methoxy groups -OCH3 is 4. The molecule has 0 atom stereocenters. The fourth-order valence-electron chi connectivity index (χ4n) is 4.83. The molecule has 0 saturated carbocycles. The summed E-state index contributed by atoms with van der Waals surface area (Å²) >= 11 is 0. The second-order valence-corrected chi connectivity index (χ2v) is 13.7. The fourth-order valence-corrected chi connectivity index (χ4v) is 8.02. The van der Waals surface area contributed by atoms with Gasteiger partial charge in [-0.1, -0.05) is 0 Å². The second-order valence-electron chi connectivity index (χ2n) is 10.2. The number of ether oxygens (including phenoxy) is 4. The van der Waals surface area contributed by atoms with Crippen molar-refractivity contribution in [1.29, 1.82) is 0 Å².